The maximum atomic E-state index is 10.9. The van der Waals surface area contributed by atoms with Crippen molar-refractivity contribution in [3.05, 3.63) is 5.82 Å². The van der Waals surface area contributed by atoms with E-state index >= 15 is 0 Å². The molecular formula is C7H12N4OS. The number of carbonyl (C=O) groups excluding carboxylic acids is 1. The lowest BCUT2D eigenvalue weighted by Gasteiger charge is -2.05. The van der Waals surface area contributed by atoms with Crippen LogP contribution in [-0.4, -0.2) is 26.3 Å². The zero-order valence-electron chi connectivity index (χ0n) is 7.57. The molecular weight excluding hydrogens is 188 g/mol. The van der Waals surface area contributed by atoms with Gasteiger partial charge in [-0.2, -0.15) is 0 Å². The summed E-state index contributed by atoms with van der Waals surface area (Å²) in [5, 5.41) is 6.94. The zero-order chi connectivity index (χ0) is 9.84. The van der Waals surface area contributed by atoms with E-state index in [1.807, 2.05) is 13.8 Å². The van der Waals surface area contributed by atoms with E-state index in [1.54, 1.807) is 0 Å². The molecule has 1 heterocycles. The van der Waals surface area contributed by atoms with Crippen molar-refractivity contribution < 1.29 is 4.79 Å². The van der Waals surface area contributed by atoms with Crippen molar-refractivity contribution in [3.8, 4) is 0 Å². The quantitative estimate of drug-likeness (QED) is 0.692. The minimum atomic E-state index is -0.324. The van der Waals surface area contributed by atoms with Gasteiger partial charge in [-0.05, 0) is 13.3 Å². The fourth-order valence-corrected chi connectivity index (χ4v) is 1.67. The molecule has 1 unspecified atom stereocenters. The van der Waals surface area contributed by atoms with E-state index in [2.05, 4.69) is 15.2 Å². The van der Waals surface area contributed by atoms with E-state index in [1.165, 1.54) is 11.8 Å². The molecule has 0 fully saturated rings. The molecule has 0 saturated carbocycles. The Morgan fingerprint density at radius 1 is 1.77 bits per heavy atom. The van der Waals surface area contributed by atoms with Gasteiger partial charge in [0.05, 0.1) is 5.25 Å². The predicted molar refractivity (Wildman–Crippen MR) is 50.3 cm³/mol. The second-order valence-corrected chi connectivity index (χ2v) is 3.79. The minimum Gasteiger partial charge on any atom is -0.369 e. The number of amides is 1. The number of rotatable bonds is 4. The number of thioether (sulfide) groups is 1. The smallest absolute Gasteiger partial charge is 0.231 e. The van der Waals surface area contributed by atoms with Crippen LogP contribution >= 0.6 is 11.8 Å². The molecule has 1 amide bonds. The van der Waals surface area contributed by atoms with E-state index in [0.717, 1.165) is 5.82 Å². The summed E-state index contributed by atoms with van der Waals surface area (Å²) in [6.07, 6.45) is 0.688. The largest absolute Gasteiger partial charge is 0.369 e. The third kappa shape index (κ3) is 2.73. The molecule has 0 saturated heterocycles. The molecule has 1 atom stereocenters. The Morgan fingerprint density at radius 2 is 2.46 bits per heavy atom. The molecule has 1 aromatic heterocycles. The number of aromatic amines is 1. The Bertz CT molecular complexity index is 298. The lowest BCUT2D eigenvalue weighted by molar-refractivity contribution is -0.117. The molecule has 1 aromatic rings. The summed E-state index contributed by atoms with van der Waals surface area (Å²) in [6, 6.07) is 0. The minimum absolute atomic E-state index is 0.241. The van der Waals surface area contributed by atoms with Crippen molar-refractivity contribution in [2.45, 2.75) is 30.7 Å². The number of hydrogen-bond donors (Lipinski definition) is 2. The van der Waals surface area contributed by atoms with Crippen LogP contribution in [0.3, 0.4) is 0 Å². The van der Waals surface area contributed by atoms with Gasteiger partial charge >= 0.3 is 0 Å². The normalized spacial score (nSPS) is 12.8. The molecule has 13 heavy (non-hydrogen) atoms. The second-order valence-electron chi connectivity index (χ2n) is 2.62. The number of nitrogens with two attached hydrogens (primary N) is 1. The van der Waals surface area contributed by atoms with Gasteiger partial charge in [0.25, 0.3) is 0 Å². The van der Waals surface area contributed by atoms with Gasteiger partial charge in [0.1, 0.15) is 5.82 Å². The van der Waals surface area contributed by atoms with Crippen molar-refractivity contribution >= 4 is 17.7 Å². The number of aromatic nitrogens is 3. The summed E-state index contributed by atoms with van der Waals surface area (Å²) in [5.74, 6) is 0.414. The van der Waals surface area contributed by atoms with Crippen LogP contribution in [-0.2, 0) is 4.79 Å². The van der Waals surface area contributed by atoms with Gasteiger partial charge in [0.2, 0.25) is 11.1 Å². The number of primary amides is 1. The van der Waals surface area contributed by atoms with Crippen molar-refractivity contribution in [1.29, 1.82) is 0 Å². The summed E-state index contributed by atoms with van der Waals surface area (Å²) < 4.78 is 0. The van der Waals surface area contributed by atoms with E-state index in [9.17, 15) is 4.79 Å². The Morgan fingerprint density at radius 3 is 2.85 bits per heavy atom. The number of H-pyrrole nitrogens is 1. The lowest BCUT2D eigenvalue weighted by Crippen LogP contribution is -2.24. The number of aryl methyl sites for hydroxylation is 1. The summed E-state index contributed by atoms with van der Waals surface area (Å²) in [7, 11) is 0. The molecule has 72 valence electrons. The maximum Gasteiger partial charge on any atom is 0.231 e. The summed E-state index contributed by atoms with van der Waals surface area (Å²) in [4.78, 5) is 14.9. The molecule has 0 aliphatic heterocycles. The highest BCUT2D eigenvalue weighted by atomic mass is 32.2. The van der Waals surface area contributed by atoms with Crippen LogP contribution < -0.4 is 5.73 Å². The first-order valence-electron chi connectivity index (χ1n) is 3.98. The van der Waals surface area contributed by atoms with Gasteiger partial charge in [-0.1, -0.05) is 18.7 Å². The maximum absolute atomic E-state index is 10.9. The third-order valence-electron chi connectivity index (χ3n) is 1.51. The second kappa shape index (κ2) is 4.27. The molecule has 5 nitrogen and oxygen atoms in total. The summed E-state index contributed by atoms with van der Waals surface area (Å²) in [5.41, 5.74) is 5.18. The van der Waals surface area contributed by atoms with Crippen LogP contribution in [0.2, 0.25) is 0 Å². The fraction of sp³-hybridized carbons (Fsp3) is 0.571. The molecule has 0 bridgehead atoms. The number of carbonyl (C=O) groups is 1. The Kier molecular flexibility index (Phi) is 3.30. The fourth-order valence-electron chi connectivity index (χ4n) is 0.845. The molecule has 0 aliphatic carbocycles. The number of hydrogen-bond acceptors (Lipinski definition) is 4. The van der Waals surface area contributed by atoms with Crippen LogP contribution in [0.1, 0.15) is 19.2 Å². The molecule has 0 radical (unpaired) electrons. The highest BCUT2D eigenvalue weighted by Gasteiger charge is 2.16. The Labute approximate surface area is 80.5 Å². The summed E-state index contributed by atoms with van der Waals surface area (Å²) in [6.45, 7) is 3.71. The van der Waals surface area contributed by atoms with Crippen LogP contribution in [0.15, 0.2) is 5.16 Å². The third-order valence-corrected chi connectivity index (χ3v) is 2.76. The van der Waals surface area contributed by atoms with Crippen LogP contribution in [0.25, 0.3) is 0 Å². The zero-order valence-corrected chi connectivity index (χ0v) is 8.39. The average molecular weight is 200 g/mol. The van der Waals surface area contributed by atoms with Gasteiger partial charge in [0.15, 0.2) is 0 Å². The Hall–Kier alpha value is -1.04. The van der Waals surface area contributed by atoms with Gasteiger partial charge < -0.3 is 5.73 Å². The van der Waals surface area contributed by atoms with Crippen LogP contribution in [0.5, 0.6) is 0 Å². The van der Waals surface area contributed by atoms with E-state index in [0.29, 0.717) is 11.6 Å². The molecule has 0 spiro atoms. The molecule has 0 aromatic carbocycles. The molecule has 0 aliphatic rings. The van der Waals surface area contributed by atoms with Crippen LogP contribution in [0, 0.1) is 6.92 Å². The van der Waals surface area contributed by atoms with Crippen molar-refractivity contribution in [3.63, 3.8) is 0 Å². The lowest BCUT2D eigenvalue weighted by atomic mass is 10.3. The first-order chi connectivity index (χ1) is 6.13. The van der Waals surface area contributed by atoms with E-state index < -0.39 is 0 Å². The highest BCUT2D eigenvalue weighted by Crippen LogP contribution is 2.21. The molecule has 1 rings (SSSR count). The monoisotopic (exact) mass is 200 g/mol. The van der Waals surface area contributed by atoms with Crippen LogP contribution in [0.4, 0.5) is 0 Å². The molecule has 6 heteroatoms. The van der Waals surface area contributed by atoms with Crippen molar-refractivity contribution in [1.82, 2.24) is 15.2 Å². The topological polar surface area (TPSA) is 84.7 Å². The van der Waals surface area contributed by atoms with Gasteiger partial charge in [-0.15, -0.1) is 5.10 Å². The standard InChI is InChI=1S/C7H12N4OS/c1-3-5(6(8)12)13-7-9-4(2)10-11-7/h5H,3H2,1-2H3,(H2,8,12)(H,9,10,11). The van der Waals surface area contributed by atoms with Gasteiger partial charge in [-0.25, -0.2) is 4.98 Å². The number of nitrogens with one attached hydrogen (secondary N) is 1. The number of nitrogens with zero attached hydrogens (tertiary/aromatic N) is 2. The van der Waals surface area contributed by atoms with Gasteiger partial charge in [0, 0.05) is 0 Å². The average Bonchev–Trinajstić information content (AvgIpc) is 2.46. The van der Waals surface area contributed by atoms with Gasteiger partial charge in [-0.3, -0.25) is 9.89 Å². The molecule has 3 N–H and O–H groups in total. The predicted octanol–water partition coefficient (Wildman–Crippen LogP) is 0.469. The Balaban J connectivity index is 2.61. The van der Waals surface area contributed by atoms with Crippen molar-refractivity contribution in [2.75, 3.05) is 0 Å². The first kappa shape index (κ1) is 10.0. The SMILES string of the molecule is CCC(Sc1n[nH]c(C)n1)C(N)=O. The van der Waals surface area contributed by atoms with E-state index in [4.69, 9.17) is 5.73 Å². The summed E-state index contributed by atoms with van der Waals surface area (Å²) >= 11 is 1.29. The van der Waals surface area contributed by atoms with Crippen molar-refractivity contribution in [2.24, 2.45) is 5.73 Å². The highest BCUT2D eigenvalue weighted by molar-refractivity contribution is 8.00. The first-order valence-corrected chi connectivity index (χ1v) is 4.86. The van der Waals surface area contributed by atoms with E-state index in [-0.39, 0.29) is 11.2 Å².